The molecular formula is C26H25N3O2. The van der Waals surface area contributed by atoms with Crippen molar-refractivity contribution in [3.63, 3.8) is 0 Å². The minimum absolute atomic E-state index is 0.0845. The average Bonchev–Trinajstić information content (AvgIpc) is 3.12. The van der Waals surface area contributed by atoms with Gasteiger partial charge in [0.25, 0.3) is 5.91 Å². The molecule has 0 aliphatic rings. The summed E-state index contributed by atoms with van der Waals surface area (Å²) in [4.78, 5) is 12.2. The maximum absolute atomic E-state index is 12.2. The Morgan fingerprint density at radius 2 is 1.68 bits per heavy atom. The molecule has 0 bridgehead atoms. The Morgan fingerprint density at radius 1 is 0.968 bits per heavy atom. The first-order chi connectivity index (χ1) is 15.1. The van der Waals surface area contributed by atoms with Gasteiger partial charge in [-0.1, -0.05) is 66.7 Å². The van der Waals surface area contributed by atoms with Crippen LogP contribution in [0.5, 0.6) is 5.75 Å². The van der Waals surface area contributed by atoms with E-state index < -0.39 is 0 Å². The molecule has 0 aliphatic heterocycles. The van der Waals surface area contributed by atoms with Gasteiger partial charge in [0.05, 0.1) is 6.21 Å². The van der Waals surface area contributed by atoms with Crippen molar-refractivity contribution in [3.8, 4) is 5.75 Å². The van der Waals surface area contributed by atoms with Crippen molar-refractivity contribution in [2.75, 3.05) is 6.61 Å². The number of carbonyl (C=O) groups excluding carboxylic acids is 1. The van der Waals surface area contributed by atoms with Gasteiger partial charge in [-0.25, -0.2) is 5.43 Å². The Morgan fingerprint density at radius 3 is 2.45 bits per heavy atom. The molecule has 0 aliphatic carbocycles. The second-order valence-corrected chi connectivity index (χ2v) is 7.52. The number of ether oxygens (including phenoxy) is 1. The molecule has 1 N–H and O–H groups in total. The Bertz CT molecular complexity index is 1210. The number of aryl methyl sites for hydroxylation is 2. The van der Waals surface area contributed by atoms with Gasteiger partial charge in [-0.05, 0) is 36.6 Å². The molecule has 156 valence electrons. The van der Waals surface area contributed by atoms with Crippen LogP contribution in [0.4, 0.5) is 0 Å². The van der Waals surface area contributed by atoms with Crippen LogP contribution in [0, 0.1) is 13.8 Å². The standard InChI is InChI=1S/C26H25N3O2/c1-19-9-8-10-20(2)26(19)31-18-25(30)28-27-15-22-17-29(16-21-11-4-3-5-12-21)24-14-7-6-13-23(22)24/h3-15,17H,16,18H2,1-2H3,(H,28,30). The quantitative estimate of drug-likeness (QED) is 0.350. The number of hydrazone groups is 1. The van der Waals surface area contributed by atoms with Crippen molar-refractivity contribution in [2.45, 2.75) is 20.4 Å². The first-order valence-electron chi connectivity index (χ1n) is 10.2. The van der Waals surface area contributed by atoms with E-state index in [1.165, 1.54) is 5.56 Å². The summed E-state index contributed by atoms with van der Waals surface area (Å²) in [7, 11) is 0. The fourth-order valence-electron chi connectivity index (χ4n) is 3.66. The number of carbonyl (C=O) groups is 1. The summed E-state index contributed by atoms with van der Waals surface area (Å²) in [6.07, 6.45) is 3.74. The largest absolute Gasteiger partial charge is 0.483 e. The lowest BCUT2D eigenvalue weighted by molar-refractivity contribution is -0.123. The molecule has 4 rings (SSSR count). The maximum Gasteiger partial charge on any atom is 0.277 e. The lowest BCUT2D eigenvalue weighted by atomic mass is 10.1. The van der Waals surface area contributed by atoms with Gasteiger partial charge < -0.3 is 9.30 Å². The van der Waals surface area contributed by atoms with Crippen molar-refractivity contribution in [3.05, 3.63) is 101 Å². The normalized spacial score (nSPS) is 11.2. The Hall–Kier alpha value is -3.86. The molecule has 4 aromatic rings. The average molecular weight is 412 g/mol. The summed E-state index contributed by atoms with van der Waals surface area (Å²) in [6, 6.07) is 24.4. The molecule has 0 saturated carbocycles. The zero-order valence-corrected chi connectivity index (χ0v) is 17.7. The number of aromatic nitrogens is 1. The predicted octanol–water partition coefficient (Wildman–Crippen LogP) is 4.84. The van der Waals surface area contributed by atoms with E-state index in [1.807, 2.05) is 62.4 Å². The van der Waals surface area contributed by atoms with Gasteiger partial charge in [0.2, 0.25) is 0 Å². The van der Waals surface area contributed by atoms with Gasteiger partial charge in [-0.3, -0.25) is 4.79 Å². The summed E-state index contributed by atoms with van der Waals surface area (Å²) in [5, 5.41) is 5.24. The molecule has 1 amide bonds. The Balaban J connectivity index is 1.44. The number of hydrogen-bond acceptors (Lipinski definition) is 3. The van der Waals surface area contributed by atoms with Crippen LogP contribution in [0.3, 0.4) is 0 Å². The first kappa shape index (κ1) is 20.4. The highest BCUT2D eigenvalue weighted by Gasteiger charge is 2.09. The van der Waals surface area contributed by atoms with Crippen molar-refractivity contribution < 1.29 is 9.53 Å². The predicted molar refractivity (Wildman–Crippen MR) is 125 cm³/mol. The third-order valence-electron chi connectivity index (χ3n) is 5.16. The van der Waals surface area contributed by atoms with Crippen molar-refractivity contribution >= 4 is 23.0 Å². The third-order valence-corrected chi connectivity index (χ3v) is 5.16. The van der Waals surface area contributed by atoms with E-state index in [2.05, 4.69) is 45.6 Å². The molecule has 5 nitrogen and oxygen atoms in total. The number of hydrogen-bond donors (Lipinski definition) is 1. The number of fused-ring (bicyclic) bond motifs is 1. The van der Waals surface area contributed by atoms with Crippen molar-refractivity contribution in [2.24, 2.45) is 5.10 Å². The molecule has 0 unspecified atom stereocenters. The fraction of sp³-hybridized carbons (Fsp3) is 0.154. The molecule has 1 heterocycles. The summed E-state index contributed by atoms with van der Waals surface area (Å²) >= 11 is 0. The maximum atomic E-state index is 12.2. The number of para-hydroxylation sites is 2. The van der Waals surface area contributed by atoms with Gasteiger partial charge in [-0.2, -0.15) is 5.10 Å². The first-order valence-corrected chi connectivity index (χ1v) is 10.2. The number of rotatable bonds is 7. The van der Waals surface area contributed by atoms with Crippen LogP contribution >= 0.6 is 0 Å². The van der Waals surface area contributed by atoms with E-state index >= 15 is 0 Å². The van der Waals surface area contributed by atoms with Gasteiger partial charge in [0.15, 0.2) is 6.61 Å². The van der Waals surface area contributed by atoms with Crippen LogP contribution in [-0.4, -0.2) is 23.3 Å². The topological polar surface area (TPSA) is 55.6 Å². The van der Waals surface area contributed by atoms with Crippen LogP contribution in [0.15, 0.2) is 84.1 Å². The van der Waals surface area contributed by atoms with E-state index in [-0.39, 0.29) is 12.5 Å². The van der Waals surface area contributed by atoms with Gasteiger partial charge in [-0.15, -0.1) is 0 Å². The lowest BCUT2D eigenvalue weighted by Gasteiger charge is -2.10. The van der Waals surface area contributed by atoms with E-state index in [1.54, 1.807) is 6.21 Å². The van der Waals surface area contributed by atoms with Gasteiger partial charge in [0, 0.05) is 29.2 Å². The summed E-state index contributed by atoms with van der Waals surface area (Å²) in [6.45, 7) is 4.61. The summed E-state index contributed by atoms with van der Waals surface area (Å²) < 4.78 is 7.88. The number of nitrogens with zero attached hydrogens (tertiary/aromatic N) is 2. The molecule has 0 radical (unpaired) electrons. The van der Waals surface area contributed by atoms with Crippen LogP contribution in [0.2, 0.25) is 0 Å². The highest BCUT2D eigenvalue weighted by atomic mass is 16.5. The molecule has 0 atom stereocenters. The van der Waals surface area contributed by atoms with E-state index in [0.29, 0.717) is 0 Å². The lowest BCUT2D eigenvalue weighted by Crippen LogP contribution is -2.25. The highest BCUT2D eigenvalue weighted by molar-refractivity contribution is 5.99. The second-order valence-electron chi connectivity index (χ2n) is 7.52. The summed E-state index contributed by atoms with van der Waals surface area (Å²) in [5.74, 6) is 0.442. The second kappa shape index (κ2) is 9.30. The zero-order chi connectivity index (χ0) is 21.6. The minimum Gasteiger partial charge on any atom is -0.483 e. The van der Waals surface area contributed by atoms with E-state index in [4.69, 9.17) is 4.74 Å². The highest BCUT2D eigenvalue weighted by Crippen LogP contribution is 2.22. The van der Waals surface area contributed by atoms with Crippen molar-refractivity contribution in [1.29, 1.82) is 0 Å². The smallest absolute Gasteiger partial charge is 0.277 e. The van der Waals surface area contributed by atoms with Crippen LogP contribution < -0.4 is 10.2 Å². The zero-order valence-electron chi connectivity index (χ0n) is 17.7. The van der Waals surface area contributed by atoms with Crippen LogP contribution in [-0.2, 0) is 11.3 Å². The fourth-order valence-corrected chi connectivity index (χ4v) is 3.66. The van der Waals surface area contributed by atoms with E-state index in [0.717, 1.165) is 39.9 Å². The molecule has 0 spiro atoms. The SMILES string of the molecule is Cc1cccc(C)c1OCC(=O)NN=Cc1cn(Cc2ccccc2)c2ccccc12. The minimum atomic E-state index is -0.299. The van der Waals surface area contributed by atoms with Crippen LogP contribution in [0.1, 0.15) is 22.3 Å². The third kappa shape index (κ3) is 4.83. The monoisotopic (exact) mass is 411 g/mol. The molecule has 31 heavy (non-hydrogen) atoms. The number of benzene rings is 3. The van der Waals surface area contributed by atoms with Crippen molar-refractivity contribution in [1.82, 2.24) is 9.99 Å². The van der Waals surface area contributed by atoms with Crippen LogP contribution in [0.25, 0.3) is 10.9 Å². The number of amides is 1. The van der Waals surface area contributed by atoms with Gasteiger partial charge in [0.1, 0.15) is 5.75 Å². The number of nitrogens with one attached hydrogen (secondary N) is 1. The Labute approximate surface area is 182 Å². The summed E-state index contributed by atoms with van der Waals surface area (Å²) in [5.41, 5.74) is 7.86. The van der Waals surface area contributed by atoms with E-state index in [9.17, 15) is 4.79 Å². The molecule has 0 fully saturated rings. The molecule has 1 aromatic heterocycles. The molecule has 5 heteroatoms. The molecule has 0 saturated heterocycles. The van der Waals surface area contributed by atoms with Gasteiger partial charge >= 0.3 is 0 Å². The Kier molecular flexibility index (Phi) is 6.13. The molecule has 3 aromatic carbocycles. The molecular weight excluding hydrogens is 386 g/mol.